The Morgan fingerprint density at radius 1 is 1.43 bits per heavy atom. The number of benzene rings is 1. The van der Waals surface area contributed by atoms with Crippen molar-refractivity contribution in [2.45, 2.75) is 51.8 Å². The molecule has 0 aliphatic carbocycles. The standard InChI is InChI=1S/C17H25NO3/c1-3-20-16-8-13-7-12(2)21-17(13)9-14(16)10-18-6-4-5-15(18)11-19/h8-9,12,15,19H,3-7,10-11H2,1-2H3/t12?,15-/m0/s1. The molecule has 2 heterocycles. The number of ether oxygens (including phenoxy) is 2. The maximum Gasteiger partial charge on any atom is 0.124 e. The second kappa shape index (κ2) is 6.24. The summed E-state index contributed by atoms with van der Waals surface area (Å²) in [6, 6.07) is 4.56. The van der Waals surface area contributed by atoms with E-state index in [-0.39, 0.29) is 18.8 Å². The smallest absolute Gasteiger partial charge is 0.124 e. The van der Waals surface area contributed by atoms with Gasteiger partial charge >= 0.3 is 0 Å². The maximum absolute atomic E-state index is 9.48. The van der Waals surface area contributed by atoms with Crippen LogP contribution in [0, 0.1) is 0 Å². The molecule has 2 aliphatic heterocycles. The quantitative estimate of drug-likeness (QED) is 0.904. The molecule has 0 aromatic heterocycles. The minimum Gasteiger partial charge on any atom is -0.494 e. The van der Waals surface area contributed by atoms with Crippen molar-refractivity contribution in [3.05, 3.63) is 23.3 Å². The molecule has 0 radical (unpaired) electrons. The van der Waals surface area contributed by atoms with E-state index in [1.807, 2.05) is 6.92 Å². The average Bonchev–Trinajstić information content (AvgIpc) is 3.04. The molecule has 0 amide bonds. The molecule has 1 fully saturated rings. The van der Waals surface area contributed by atoms with E-state index in [1.54, 1.807) is 0 Å². The third kappa shape index (κ3) is 3.01. The summed E-state index contributed by atoms with van der Waals surface area (Å²) in [5.41, 5.74) is 2.42. The number of likely N-dealkylation sites (tertiary alicyclic amines) is 1. The Morgan fingerprint density at radius 3 is 3.05 bits per heavy atom. The van der Waals surface area contributed by atoms with E-state index in [4.69, 9.17) is 9.47 Å². The van der Waals surface area contributed by atoms with Crippen LogP contribution in [0.25, 0.3) is 0 Å². The van der Waals surface area contributed by atoms with Crippen molar-refractivity contribution < 1.29 is 14.6 Å². The Labute approximate surface area is 126 Å². The molecule has 1 aromatic rings. The van der Waals surface area contributed by atoms with Crippen LogP contribution in [-0.2, 0) is 13.0 Å². The van der Waals surface area contributed by atoms with Gasteiger partial charge in [0.15, 0.2) is 0 Å². The van der Waals surface area contributed by atoms with Crippen LogP contribution in [0.4, 0.5) is 0 Å². The molecule has 2 aliphatic rings. The van der Waals surface area contributed by atoms with Crippen LogP contribution in [0.3, 0.4) is 0 Å². The van der Waals surface area contributed by atoms with E-state index >= 15 is 0 Å². The lowest BCUT2D eigenvalue weighted by molar-refractivity contribution is 0.152. The summed E-state index contributed by atoms with van der Waals surface area (Å²) in [5.74, 6) is 1.97. The van der Waals surface area contributed by atoms with E-state index in [0.717, 1.165) is 43.9 Å². The predicted molar refractivity (Wildman–Crippen MR) is 81.9 cm³/mol. The third-order valence-electron chi connectivity index (χ3n) is 4.46. The third-order valence-corrected chi connectivity index (χ3v) is 4.46. The van der Waals surface area contributed by atoms with Crippen LogP contribution in [0.1, 0.15) is 37.8 Å². The van der Waals surface area contributed by atoms with Crippen LogP contribution < -0.4 is 9.47 Å². The molecule has 1 N–H and O–H groups in total. The minimum atomic E-state index is 0.239. The van der Waals surface area contributed by atoms with Crippen molar-refractivity contribution in [1.29, 1.82) is 0 Å². The summed E-state index contributed by atoms with van der Waals surface area (Å²) in [6.07, 6.45) is 3.45. The zero-order valence-electron chi connectivity index (χ0n) is 13.0. The van der Waals surface area contributed by atoms with Crippen molar-refractivity contribution in [2.24, 2.45) is 0 Å². The normalized spacial score (nSPS) is 24.9. The van der Waals surface area contributed by atoms with Crippen LogP contribution in [0.15, 0.2) is 12.1 Å². The van der Waals surface area contributed by atoms with Gasteiger partial charge in [-0.25, -0.2) is 0 Å². The maximum atomic E-state index is 9.48. The monoisotopic (exact) mass is 291 g/mol. The van der Waals surface area contributed by atoms with Gasteiger partial charge < -0.3 is 14.6 Å². The molecule has 0 spiro atoms. The van der Waals surface area contributed by atoms with Gasteiger partial charge in [0.2, 0.25) is 0 Å². The van der Waals surface area contributed by atoms with Crippen LogP contribution in [0.2, 0.25) is 0 Å². The molecule has 2 atom stereocenters. The topological polar surface area (TPSA) is 41.9 Å². The first-order valence-electron chi connectivity index (χ1n) is 8.01. The molecular formula is C17H25NO3. The fourth-order valence-electron chi connectivity index (χ4n) is 3.42. The molecule has 116 valence electrons. The van der Waals surface area contributed by atoms with Crippen LogP contribution in [0.5, 0.6) is 11.5 Å². The fraction of sp³-hybridized carbons (Fsp3) is 0.647. The molecule has 0 saturated carbocycles. The number of nitrogens with zero attached hydrogens (tertiary/aromatic N) is 1. The SMILES string of the molecule is CCOc1cc2c(cc1CN1CCC[C@H]1CO)OC(C)C2. The van der Waals surface area contributed by atoms with E-state index in [2.05, 4.69) is 24.0 Å². The molecule has 21 heavy (non-hydrogen) atoms. The first-order valence-corrected chi connectivity index (χ1v) is 8.01. The van der Waals surface area contributed by atoms with Crippen molar-refractivity contribution in [1.82, 2.24) is 4.90 Å². The fourth-order valence-corrected chi connectivity index (χ4v) is 3.42. The van der Waals surface area contributed by atoms with Crippen molar-refractivity contribution in [2.75, 3.05) is 19.8 Å². The van der Waals surface area contributed by atoms with Crippen molar-refractivity contribution in [3.63, 3.8) is 0 Å². The predicted octanol–water partition coefficient (Wildman–Crippen LogP) is 2.37. The van der Waals surface area contributed by atoms with Gasteiger partial charge in [-0.1, -0.05) is 0 Å². The van der Waals surface area contributed by atoms with E-state index in [1.165, 1.54) is 11.1 Å². The molecule has 4 nitrogen and oxygen atoms in total. The lowest BCUT2D eigenvalue weighted by Gasteiger charge is -2.24. The zero-order chi connectivity index (χ0) is 14.8. The Morgan fingerprint density at radius 2 is 2.29 bits per heavy atom. The van der Waals surface area contributed by atoms with Crippen LogP contribution >= 0.6 is 0 Å². The highest BCUT2D eigenvalue weighted by atomic mass is 16.5. The number of hydrogen-bond acceptors (Lipinski definition) is 4. The first-order chi connectivity index (χ1) is 10.2. The number of fused-ring (bicyclic) bond motifs is 1. The van der Waals surface area contributed by atoms with Gasteiger partial charge in [-0.3, -0.25) is 4.90 Å². The average molecular weight is 291 g/mol. The van der Waals surface area contributed by atoms with Gasteiger partial charge in [0.05, 0.1) is 13.2 Å². The molecule has 1 saturated heterocycles. The number of aliphatic hydroxyl groups excluding tert-OH is 1. The summed E-state index contributed by atoms with van der Waals surface area (Å²) < 4.78 is 11.7. The summed E-state index contributed by atoms with van der Waals surface area (Å²) in [6.45, 7) is 6.90. The Balaban J connectivity index is 1.84. The van der Waals surface area contributed by atoms with Crippen molar-refractivity contribution in [3.8, 4) is 11.5 Å². The lowest BCUT2D eigenvalue weighted by atomic mass is 10.1. The largest absolute Gasteiger partial charge is 0.494 e. The van der Waals surface area contributed by atoms with Gasteiger partial charge in [-0.05, 0) is 45.4 Å². The first kappa shape index (κ1) is 14.7. The number of aliphatic hydroxyl groups is 1. The summed E-state index contributed by atoms with van der Waals surface area (Å²) >= 11 is 0. The van der Waals surface area contributed by atoms with Crippen LogP contribution in [-0.4, -0.2) is 41.9 Å². The Kier molecular flexibility index (Phi) is 4.36. The highest BCUT2D eigenvalue weighted by Gasteiger charge is 2.27. The Bertz CT molecular complexity index is 503. The number of hydrogen-bond donors (Lipinski definition) is 1. The van der Waals surface area contributed by atoms with E-state index < -0.39 is 0 Å². The Hall–Kier alpha value is -1.26. The molecule has 1 aromatic carbocycles. The summed E-state index contributed by atoms with van der Waals surface area (Å²) in [7, 11) is 0. The van der Waals surface area contributed by atoms with Gasteiger partial charge in [-0.15, -0.1) is 0 Å². The van der Waals surface area contributed by atoms with E-state index in [0.29, 0.717) is 6.61 Å². The number of rotatable bonds is 5. The zero-order valence-corrected chi connectivity index (χ0v) is 13.0. The van der Waals surface area contributed by atoms with Gasteiger partial charge in [-0.2, -0.15) is 0 Å². The molecule has 1 unspecified atom stereocenters. The van der Waals surface area contributed by atoms with E-state index in [9.17, 15) is 5.11 Å². The second-order valence-electron chi connectivity index (χ2n) is 6.08. The molecular weight excluding hydrogens is 266 g/mol. The summed E-state index contributed by atoms with van der Waals surface area (Å²) in [4.78, 5) is 2.35. The minimum absolute atomic E-state index is 0.239. The lowest BCUT2D eigenvalue weighted by Crippen LogP contribution is -2.31. The molecule has 3 rings (SSSR count). The van der Waals surface area contributed by atoms with Crippen molar-refractivity contribution >= 4 is 0 Å². The summed E-state index contributed by atoms with van der Waals surface area (Å²) in [5, 5.41) is 9.48. The second-order valence-corrected chi connectivity index (χ2v) is 6.08. The van der Waals surface area contributed by atoms with Gasteiger partial charge in [0.1, 0.15) is 17.6 Å². The van der Waals surface area contributed by atoms with Gasteiger partial charge in [0.25, 0.3) is 0 Å². The van der Waals surface area contributed by atoms with Gasteiger partial charge in [0, 0.05) is 30.1 Å². The molecule has 0 bridgehead atoms. The highest BCUT2D eigenvalue weighted by molar-refractivity contribution is 5.48. The highest BCUT2D eigenvalue weighted by Crippen LogP contribution is 2.36. The molecule has 4 heteroatoms.